The number of nitrogens with zero attached hydrogens (tertiary/aromatic N) is 1. The Morgan fingerprint density at radius 3 is 2.69 bits per heavy atom. The third kappa shape index (κ3) is 1.94. The lowest BCUT2D eigenvalue weighted by atomic mass is 10.1. The predicted octanol–water partition coefficient (Wildman–Crippen LogP) is 1.95. The van der Waals surface area contributed by atoms with Crippen molar-refractivity contribution in [3.63, 3.8) is 0 Å². The number of pyridine rings is 1. The van der Waals surface area contributed by atoms with Crippen molar-refractivity contribution in [2.24, 2.45) is 5.73 Å². The smallest absolute Gasteiger partial charge is 0.265 e. The Kier molecular flexibility index (Phi) is 3.16. The van der Waals surface area contributed by atoms with Gasteiger partial charge in [-0.1, -0.05) is 0 Å². The summed E-state index contributed by atoms with van der Waals surface area (Å²) in [5.74, 6) is -0.319. The van der Waals surface area contributed by atoms with Crippen LogP contribution in [0, 0.1) is 0 Å². The summed E-state index contributed by atoms with van der Waals surface area (Å²) in [6.07, 6.45) is -1.68. The van der Waals surface area contributed by atoms with Crippen LogP contribution in [0.4, 0.5) is 8.78 Å². The molecule has 1 aromatic rings. The Bertz CT molecular complexity index is 320. The molecule has 0 unspecified atom stereocenters. The summed E-state index contributed by atoms with van der Waals surface area (Å²) in [5.41, 5.74) is 4.91. The quantitative estimate of drug-likeness (QED) is 0.792. The monoisotopic (exact) mass is 252 g/mol. The van der Waals surface area contributed by atoms with Gasteiger partial charge in [-0.05, 0) is 15.9 Å². The highest BCUT2D eigenvalue weighted by molar-refractivity contribution is 9.10. The number of aromatic nitrogens is 1. The standard InChI is InChI=1S/C7H7BrF2N2O/c8-6-5(13)3(1-11)4(2-12-6)7(9)10/h2,7,13H,1,11H2. The molecule has 0 fully saturated rings. The van der Waals surface area contributed by atoms with Crippen LogP contribution in [-0.4, -0.2) is 10.1 Å². The zero-order valence-corrected chi connectivity index (χ0v) is 8.05. The highest BCUT2D eigenvalue weighted by Gasteiger charge is 2.17. The molecule has 72 valence electrons. The van der Waals surface area contributed by atoms with Gasteiger partial charge in [-0.25, -0.2) is 13.8 Å². The number of hydrogen-bond donors (Lipinski definition) is 2. The van der Waals surface area contributed by atoms with Crippen molar-refractivity contribution in [3.05, 3.63) is 21.9 Å². The molecule has 0 spiro atoms. The SMILES string of the molecule is NCc1c(C(F)F)cnc(Br)c1O. The summed E-state index contributed by atoms with van der Waals surface area (Å²) in [6, 6.07) is 0. The summed E-state index contributed by atoms with van der Waals surface area (Å²) in [5, 5.41) is 9.30. The maximum Gasteiger partial charge on any atom is 0.265 e. The van der Waals surface area contributed by atoms with E-state index in [0.717, 1.165) is 6.20 Å². The maximum absolute atomic E-state index is 12.3. The van der Waals surface area contributed by atoms with Gasteiger partial charge in [-0.3, -0.25) is 0 Å². The van der Waals surface area contributed by atoms with E-state index in [1.807, 2.05) is 0 Å². The largest absolute Gasteiger partial charge is 0.505 e. The number of halogens is 3. The Hall–Kier alpha value is -0.750. The summed E-state index contributed by atoms with van der Waals surface area (Å²) in [7, 11) is 0. The number of alkyl halides is 2. The van der Waals surface area contributed by atoms with Gasteiger partial charge in [0, 0.05) is 23.9 Å². The molecular formula is C7H7BrF2N2O. The van der Waals surface area contributed by atoms with E-state index in [0.29, 0.717) is 0 Å². The fourth-order valence-electron chi connectivity index (χ4n) is 0.929. The molecule has 0 aromatic carbocycles. The normalized spacial score (nSPS) is 10.8. The van der Waals surface area contributed by atoms with E-state index in [2.05, 4.69) is 20.9 Å². The molecule has 0 atom stereocenters. The minimum atomic E-state index is -2.68. The van der Waals surface area contributed by atoms with Gasteiger partial charge in [-0.15, -0.1) is 0 Å². The lowest BCUT2D eigenvalue weighted by Gasteiger charge is -2.08. The van der Waals surface area contributed by atoms with E-state index < -0.39 is 6.43 Å². The lowest BCUT2D eigenvalue weighted by Crippen LogP contribution is -2.03. The second-order valence-electron chi connectivity index (χ2n) is 2.34. The number of hydrogen-bond acceptors (Lipinski definition) is 3. The van der Waals surface area contributed by atoms with Crippen LogP contribution in [-0.2, 0) is 6.54 Å². The van der Waals surface area contributed by atoms with Crippen LogP contribution in [0.15, 0.2) is 10.8 Å². The van der Waals surface area contributed by atoms with Gasteiger partial charge in [0.1, 0.15) is 4.60 Å². The van der Waals surface area contributed by atoms with Crippen LogP contribution in [0.3, 0.4) is 0 Å². The van der Waals surface area contributed by atoms with Crippen molar-refractivity contribution in [1.29, 1.82) is 0 Å². The Labute approximate surface area is 81.7 Å². The minimum Gasteiger partial charge on any atom is -0.505 e. The van der Waals surface area contributed by atoms with Crippen molar-refractivity contribution >= 4 is 15.9 Å². The average Bonchev–Trinajstić information content (AvgIpc) is 2.09. The molecule has 0 saturated carbocycles. The zero-order valence-electron chi connectivity index (χ0n) is 6.47. The number of aromatic hydroxyl groups is 1. The van der Waals surface area contributed by atoms with E-state index in [-0.39, 0.29) is 28.0 Å². The second kappa shape index (κ2) is 3.97. The van der Waals surface area contributed by atoms with Crippen molar-refractivity contribution in [1.82, 2.24) is 4.98 Å². The molecule has 0 saturated heterocycles. The molecule has 1 rings (SSSR count). The zero-order chi connectivity index (χ0) is 10.0. The Morgan fingerprint density at radius 2 is 2.23 bits per heavy atom. The van der Waals surface area contributed by atoms with E-state index in [9.17, 15) is 13.9 Å². The van der Waals surface area contributed by atoms with Crippen molar-refractivity contribution in [2.45, 2.75) is 13.0 Å². The summed E-state index contributed by atoms with van der Waals surface area (Å²) < 4.78 is 24.7. The van der Waals surface area contributed by atoms with Gasteiger partial charge in [0.15, 0.2) is 5.75 Å². The van der Waals surface area contributed by atoms with Gasteiger partial charge in [-0.2, -0.15) is 0 Å². The van der Waals surface area contributed by atoms with E-state index >= 15 is 0 Å². The predicted molar refractivity (Wildman–Crippen MR) is 46.5 cm³/mol. The van der Waals surface area contributed by atoms with Crippen LogP contribution in [0.2, 0.25) is 0 Å². The fourth-order valence-corrected chi connectivity index (χ4v) is 1.27. The fraction of sp³-hybridized carbons (Fsp3) is 0.286. The minimum absolute atomic E-state index is 0.0249. The molecule has 1 aromatic heterocycles. The molecule has 0 aliphatic carbocycles. The van der Waals surface area contributed by atoms with E-state index in [1.165, 1.54) is 0 Å². The molecule has 0 aliphatic rings. The van der Waals surface area contributed by atoms with Gasteiger partial charge in [0.25, 0.3) is 6.43 Å². The topological polar surface area (TPSA) is 59.1 Å². The molecule has 0 amide bonds. The molecule has 0 bridgehead atoms. The molecule has 0 radical (unpaired) electrons. The van der Waals surface area contributed by atoms with E-state index in [4.69, 9.17) is 5.73 Å². The lowest BCUT2D eigenvalue weighted by molar-refractivity contribution is 0.149. The molecule has 3 nitrogen and oxygen atoms in total. The number of rotatable bonds is 2. The van der Waals surface area contributed by atoms with Crippen molar-refractivity contribution < 1.29 is 13.9 Å². The summed E-state index contributed by atoms with van der Waals surface area (Å²) in [4.78, 5) is 3.54. The molecule has 13 heavy (non-hydrogen) atoms. The highest BCUT2D eigenvalue weighted by atomic mass is 79.9. The van der Waals surface area contributed by atoms with Gasteiger partial charge in [0.2, 0.25) is 0 Å². The van der Waals surface area contributed by atoms with Crippen molar-refractivity contribution in [2.75, 3.05) is 0 Å². The molecule has 3 N–H and O–H groups in total. The van der Waals surface area contributed by atoms with Crippen LogP contribution in [0.1, 0.15) is 17.6 Å². The highest BCUT2D eigenvalue weighted by Crippen LogP contribution is 2.32. The number of nitrogens with two attached hydrogens (primary N) is 1. The molecule has 6 heteroatoms. The first kappa shape index (κ1) is 10.3. The van der Waals surface area contributed by atoms with Gasteiger partial charge >= 0.3 is 0 Å². The Morgan fingerprint density at radius 1 is 1.62 bits per heavy atom. The Balaban J connectivity index is 3.30. The van der Waals surface area contributed by atoms with Crippen LogP contribution < -0.4 is 5.73 Å². The average molecular weight is 253 g/mol. The maximum atomic E-state index is 12.3. The third-order valence-electron chi connectivity index (χ3n) is 1.59. The van der Waals surface area contributed by atoms with Gasteiger partial charge in [0.05, 0.1) is 0 Å². The summed E-state index contributed by atoms with van der Waals surface area (Å²) in [6.45, 7) is -0.146. The third-order valence-corrected chi connectivity index (χ3v) is 2.17. The first-order valence-electron chi connectivity index (χ1n) is 3.42. The second-order valence-corrected chi connectivity index (χ2v) is 3.09. The van der Waals surface area contributed by atoms with Crippen LogP contribution in [0.5, 0.6) is 5.75 Å². The van der Waals surface area contributed by atoms with Crippen LogP contribution in [0.25, 0.3) is 0 Å². The first-order valence-corrected chi connectivity index (χ1v) is 4.21. The molecule has 0 aliphatic heterocycles. The first-order chi connectivity index (χ1) is 6.07. The van der Waals surface area contributed by atoms with Crippen LogP contribution >= 0.6 is 15.9 Å². The van der Waals surface area contributed by atoms with E-state index in [1.54, 1.807) is 0 Å². The van der Waals surface area contributed by atoms with Crippen molar-refractivity contribution in [3.8, 4) is 5.75 Å². The molecule has 1 heterocycles. The summed E-state index contributed by atoms with van der Waals surface area (Å²) >= 11 is 2.91. The van der Waals surface area contributed by atoms with Gasteiger partial charge < -0.3 is 10.8 Å². The molecular weight excluding hydrogens is 246 g/mol.